The Bertz CT molecular complexity index is 893. The fraction of sp³-hybridized carbons (Fsp3) is 0. The lowest BCUT2D eigenvalue weighted by molar-refractivity contribution is -0.110. The summed E-state index contributed by atoms with van der Waals surface area (Å²) >= 11 is 0. The first-order valence-corrected chi connectivity index (χ1v) is 7.59. The molecule has 0 spiro atoms. The smallest absolute Gasteiger partial charge is 0.256 e. The van der Waals surface area contributed by atoms with Crippen molar-refractivity contribution in [3.05, 3.63) is 90.0 Å². The molecule has 1 amide bonds. The summed E-state index contributed by atoms with van der Waals surface area (Å²) in [6, 6.07) is 26.3. The fourth-order valence-electron chi connectivity index (χ4n) is 2.85. The molecule has 3 aromatic rings. The third-order valence-electron chi connectivity index (χ3n) is 4.04. The molecule has 2 heteroatoms. The molecule has 1 N–H and O–H groups in total. The van der Waals surface area contributed by atoms with Crippen LogP contribution in [-0.2, 0) is 4.79 Å². The summed E-state index contributed by atoms with van der Waals surface area (Å²) in [6.07, 6.45) is 1.94. The molecular formula is C21H15NO. The fourth-order valence-corrected chi connectivity index (χ4v) is 2.85. The molecule has 2 nitrogen and oxygen atoms in total. The molecule has 0 aliphatic carbocycles. The first-order chi connectivity index (χ1) is 11.3. The van der Waals surface area contributed by atoms with Gasteiger partial charge in [-0.05, 0) is 28.8 Å². The molecule has 0 aromatic heterocycles. The second-order valence-electron chi connectivity index (χ2n) is 5.55. The number of fused-ring (bicyclic) bond motifs is 1. The second kappa shape index (κ2) is 5.58. The normalized spacial score (nSPS) is 14.6. The average Bonchev–Trinajstić information content (AvgIpc) is 2.92. The number of anilines is 1. The number of rotatable bonds is 2. The highest BCUT2D eigenvalue weighted by molar-refractivity contribution is 6.34. The first kappa shape index (κ1) is 13.5. The third kappa shape index (κ3) is 2.55. The minimum Gasteiger partial charge on any atom is -0.321 e. The van der Waals surface area contributed by atoms with Gasteiger partial charge >= 0.3 is 0 Å². The van der Waals surface area contributed by atoms with Crippen LogP contribution in [0.4, 0.5) is 5.69 Å². The summed E-state index contributed by atoms with van der Waals surface area (Å²) in [7, 11) is 0. The zero-order chi connectivity index (χ0) is 15.6. The molecule has 0 saturated carbocycles. The molecule has 1 heterocycles. The van der Waals surface area contributed by atoms with Crippen molar-refractivity contribution in [2.45, 2.75) is 0 Å². The van der Waals surface area contributed by atoms with Crippen LogP contribution in [-0.4, -0.2) is 5.91 Å². The molecule has 0 saturated heterocycles. The van der Waals surface area contributed by atoms with Crippen LogP contribution in [0.2, 0.25) is 0 Å². The summed E-state index contributed by atoms with van der Waals surface area (Å²) < 4.78 is 0. The molecular weight excluding hydrogens is 282 g/mol. The number of benzene rings is 3. The van der Waals surface area contributed by atoms with E-state index >= 15 is 0 Å². The highest BCUT2D eigenvalue weighted by Crippen LogP contribution is 2.32. The number of amides is 1. The van der Waals surface area contributed by atoms with Gasteiger partial charge in [0.15, 0.2) is 0 Å². The zero-order valence-electron chi connectivity index (χ0n) is 12.5. The summed E-state index contributed by atoms with van der Waals surface area (Å²) in [5.74, 6) is -0.0432. The van der Waals surface area contributed by atoms with E-state index in [9.17, 15) is 4.79 Å². The van der Waals surface area contributed by atoms with E-state index in [1.165, 1.54) is 11.1 Å². The lowest BCUT2D eigenvalue weighted by atomic mass is 10.0. The monoisotopic (exact) mass is 297 g/mol. The van der Waals surface area contributed by atoms with E-state index < -0.39 is 0 Å². The molecule has 0 unspecified atom stereocenters. The van der Waals surface area contributed by atoms with Gasteiger partial charge in [0.2, 0.25) is 0 Å². The Labute approximate surface area is 135 Å². The van der Waals surface area contributed by atoms with Gasteiger partial charge in [-0.25, -0.2) is 0 Å². The molecule has 3 aromatic carbocycles. The van der Waals surface area contributed by atoms with Crippen LogP contribution in [0.25, 0.3) is 22.8 Å². The molecule has 4 rings (SSSR count). The maximum Gasteiger partial charge on any atom is 0.256 e. The van der Waals surface area contributed by atoms with Gasteiger partial charge in [-0.1, -0.05) is 72.8 Å². The molecule has 23 heavy (non-hydrogen) atoms. The van der Waals surface area contributed by atoms with E-state index in [4.69, 9.17) is 0 Å². The molecule has 110 valence electrons. The number of carbonyl (C=O) groups excluding carboxylic acids is 1. The van der Waals surface area contributed by atoms with Gasteiger partial charge in [0.05, 0.1) is 0 Å². The van der Waals surface area contributed by atoms with Crippen molar-refractivity contribution in [1.82, 2.24) is 0 Å². The number of hydrogen-bond acceptors (Lipinski definition) is 1. The maximum atomic E-state index is 12.1. The topological polar surface area (TPSA) is 29.1 Å². The number of hydrogen-bond donors (Lipinski definition) is 1. The predicted molar refractivity (Wildman–Crippen MR) is 94.8 cm³/mol. The molecule has 0 bridgehead atoms. The van der Waals surface area contributed by atoms with Crippen LogP contribution in [0.1, 0.15) is 11.1 Å². The lowest BCUT2D eigenvalue weighted by Gasteiger charge is -2.03. The lowest BCUT2D eigenvalue weighted by Crippen LogP contribution is -2.03. The van der Waals surface area contributed by atoms with Crippen LogP contribution in [0.3, 0.4) is 0 Å². The Morgan fingerprint density at radius 2 is 1.35 bits per heavy atom. The Morgan fingerprint density at radius 1 is 0.696 bits per heavy atom. The van der Waals surface area contributed by atoms with E-state index in [1.807, 2.05) is 60.7 Å². The van der Waals surface area contributed by atoms with Crippen LogP contribution in [0.15, 0.2) is 78.9 Å². The van der Waals surface area contributed by atoms with E-state index in [0.717, 1.165) is 16.8 Å². The SMILES string of the molecule is O=C1Nc2ccccc2C1=Cc1ccc(-c2ccccc2)cc1. The van der Waals surface area contributed by atoms with Crippen molar-refractivity contribution in [3.63, 3.8) is 0 Å². The van der Waals surface area contributed by atoms with Gasteiger partial charge in [-0.3, -0.25) is 4.79 Å². The van der Waals surface area contributed by atoms with Crippen LogP contribution in [0.5, 0.6) is 0 Å². The van der Waals surface area contributed by atoms with E-state index in [-0.39, 0.29) is 5.91 Å². The van der Waals surface area contributed by atoms with Gasteiger partial charge in [-0.2, -0.15) is 0 Å². The Balaban J connectivity index is 1.68. The highest BCUT2D eigenvalue weighted by Gasteiger charge is 2.23. The van der Waals surface area contributed by atoms with Crippen molar-refractivity contribution in [2.24, 2.45) is 0 Å². The average molecular weight is 297 g/mol. The van der Waals surface area contributed by atoms with Crippen LogP contribution < -0.4 is 5.32 Å². The van der Waals surface area contributed by atoms with Crippen LogP contribution >= 0.6 is 0 Å². The molecule has 0 atom stereocenters. The predicted octanol–water partition coefficient (Wildman–Crippen LogP) is 4.85. The second-order valence-corrected chi connectivity index (χ2v) is 5.55. The van der Waals surface area contributed by atoms with Crippen LogP contribution in [0, 0.1) is 0 Å². The summed E-state index contributed by atoms with van der Waals surface area (Å²) in [4.78, 5) is 12.1. The molecule has 1 aliphatic rings. The zero-order valence-corrected chi connectivity index (χ0v) is 12.5. The van der Waals surface area contributed by atoms with Crippen molar-refractivity contribution >= 4 is 23.2 Å². The number of para-hydroxylation sites is 1. The Hall–Kier alpha value is -3.13. The van der Waals surface area contributed by atoms with E-state index in [2.05, 4.69) is 29.6 Å². The Kier molecular flexibility index (Phi) is 3.28. The van der Waals surface area contributed by atoms with Crippen molar-refractivity contribution in [3.8, 4) is 11.1 Å². The number of nitrogens with one attached hydrogen (secondary N) is 1. The van der Waals surface area contributed by atoms with Gasteiger partial charge in [-0.15, -0.1) is 0 Å². The molecule has 1 aliphatic heterocycles. The number of carbonyl (C=O) groups is 1. The first-order valence-electron chi connectivity index (χ1n) is 7.59. The highest BCUT2D eigenvalue weighted by atomic mass is 16.2. The molecule has 0 radical (unpaired) electrons. The molecule has 0 fully saturated rings. The van der Waals surface area contributed by atoms with Crippen molar-refractivity contribution < 1.29 is 4.79 Å². The van der Waals surface area contributed by atoms with Gasteiger partial charge < -0.3 is 5.32 Å². The summed E-state index contributed by atoms with van der Waals surface area (Å²) in [6.45, 7) is 0. The largest absolute Gasteiger partial charge is 0.321 e. The van der Waals surface area contributed by atoms with E-state index in [1.54, 1.807) is 0 Å². The van der Waals surface area contributed by atoms with Gasteiger partial charge in [0.25, 0.3) is 5.91 Å². The minimum absolute atomic E-state index is 0.0432. The van der Waals surface area contributed by atoms with Crippen molar-refractivity contribution in [1.29, 1.82) is 0 Å². The minimum atomic E-state index is -0.0432. The maximum absolute atomic E-state index is 12.1. The Morgan fingerprint density at radius 3 is 2.13 bits per heavy atom. The quantitative estimate of drug-likeness (QED) is 0.673. The van der Waals surface area contributed by atoms with Gasteiger partial charge in [0.1, 0.15) is 0 Å². The van der Waals surface area contributed by atoms with Gasteiger partial charge in [0, 0.05) is 16.8 Å². The third-order valence-corrected chi connectivity index (χ3v) is 4.04. The summed E-state index contributed by atoms with van der Waals surface area (Å²) in [5.41, 5.74) is 5.94. The van der Waals surface area contributed by atoms with Crippen molar-refractivity contribution in [2.75, 3.05) is 5.32 Å². The van der Waals surface area contributed by atoms with E-state index in [0.29, 0.717) is 5.57 Å². The summed E-state index contributed by atoms with van der Waals surface area (Å²) in [5, 5.41) is 2.90. The standard InChI is InChI=1S/C21H15NO/c23-21-19(18-8-4-5-9-20(18)22-21)14-15-10-12-17(13-11-15)16-6-2-1-3-7-16/h1-14H,(H,22,23).